The number of aryl methyl sites for hydroxylation is 1. The highest BCUT2D eigenvalue weighted by atomic mass is 16.5. The normalized spacial score (nSPS) is 10.7. The van der Waals surface area contributed by atoms with Crippen LogP contribution < -0.4 is 10.6 Å². The van der Waals surface area contributed by atoms with Crippen LogP contribution in [0.15, 0.2) is 6.07 Å². The third-order valence-electron chi connectivity index (χ3n) is 2.73. The van der Waals surface area contributed by atoms with Gasteiger partial charge in [-0.15, -0.1) is 0 Å². The summed E-state index contributed by atoms with van der Waals surface area (Å²) in [5.74, 6) is 0.930. The first kappa shape index (κ1) is 16.4. The van der Waals surface area contributed by atoms with Crippen molar-refractivity contribution >= 4 is 11.9 Å². The van der Waals surface area contributed by atoms with E-state index in [-0.39, 0.29) is 5.91 Å². The summed E-state index contributed by atoms with van der Waals surface area (Å²) < 4.78 is 4.86. The van der Waals surface area contributed by atoms with Gasteiger partial charge in [-0.1, -0.05) is 13.8 Å². The molecule has 1 amide bonds. The number of aromatic nitrogens is 2. The summed E-state index contributed by atoms with van der Waals surface area (Å²) in [6.07, 6.45) is 0.387. The molecule has 2 N–H and O–H groups in total. The van der Waals surface area contributed by atoms with E-state index in [1.807, 2.05) is 13.0 Å². The zero-order chi connectivity index (χ0) is 15.0. The van der Waals surface area contributed by atoms with Gasteiger partial charge in [0.15, 0.2) is 0 Å². The van der Waals surface area contributed by atoms with Crippen molar-refractivity contribution in [2.75, 3.05) is 32.1 Å². The monoisotopic (exact) mass is 280 g/mol. The van der Waals surface area contributed by atoms with Crippen LogP contribution in [0.5, 0.6) is 0 Å². The maximum Gasteiger partial charge on any atom is 0.223 e. The topological polar surface area (TPSA) is 76.1 Å². The van der Waals surface area contributed by atoms with Gasteiger partial charge < -0.3 is 15.4 Å². The fourth-order valence-corrected chi connectivity index (χ4v) is 1.64. The molecule has 1 aromatic rings. The van der Waals surface area contributed by atoms with Crippen molar-refractivity contribution in [3.63, 3.8) is 0 Å². The SMILES string of the molecule is COCCNC(=O)CCNc1nc(C)cc(C(C)C)n1. The molecule has 6 heteroatoms. The summed E-state index contributed by atoms with van der Waals surface area (Å²) in [4.78, 5) is 20.2. The van der Waals surface area contributed by atoms with Crippen molar-refractivity contribution in [3.8, 4) is 0 Å². The van der Waals surface area contributed by atoms with E-state index in [9.17, 15) is 4.79 Å². The molecule has 0 saturated heterocycles. The number of carbonyl (C=O) groups excluding carboxylic acids is 1. The zero-order valence-electron chi connectivity index (χ0n) is 12.7. The van der Waals surface area contributed by atoms with Gasteiger partial charge in [0, 0.05) is 38.0 Å². The Kier molecular flexibility index (Phi) is 6.93. The van der Waals surface area contributed by atoms with E-state index in [0.717, 1.165) is 11.4 Å². The Balaban J connectivity index is 2.40. The summed E-state index contributed by atoms with van der Waals surface area (Å²) in [6, 6.07) is 1.98. The van der Waals surface area contributed by atoms with Crippen molar-refractivity contribution in [2.45, 2.75) is 33.1 Å². The Morgan fingerprint density at radius 1 is 1.35 bits per heavy atom. The second-order valence-electron chi connectivity index (χ2n) is 4.93. The highest BCUT2D eigenvalue weighted by Gasteiger charge is 2.06. The van der Waals surface area contributed by atoms with Gasteiger partial charge in [0.05, 0.1) is 6.61 Å². The number of anilines is 1. The van der Waals surface area contributed by atoms with Gasteiger partial charge in [-0.05, 0) is 18.9 Å². The first-order valence-electron chi connectivity index (χ1n) is 6.88. The number of hydrogen-bond donors (Lipinski definition) is 2. The lowest BCUT2D eigenvalue weighted by atomic mass is 10.1. The van der Waals surface area contributed by atoms with Gasteiger partial charge in [0.1, 0.15) is 0 Å². The Hall–Kier alpha value is -1.69. The highest BCUT2D eigenvalue weighted by Crippen LogP contribution is 2.14. The van der Waals surface area contributed by atoms with Crippen LogP contribution in [0, 0.1) is 6.92 Å². The number of hydrogen-bond acceptors (Lipinski definition) is 5. The summed E-state index contributed by atoms with van der Waals surface area (Å²) in [6.45, 7) is 7.70. The van der Waals surface area contributed by atoms with E-state index < -0.39 is 0 Å². The highest BCUT2D eigenvalue weighted by molar-refractivity contribution is 5.76. The van der Waals surface area contributed by atoms with Gasteiger partial charge in [-0.3, -0.25) is 4.79 Å². The Morgan fingerprint density at radius 2 is 2.10 bits per heavy atom. The lowest BCUT2D eigenvalue weighted by Gasteiger charge is -2.10. The standard InChI is InChI=1S/C14H24N4O2/c1-10(2)12-9-11(3)17-14(18-12)16-6-5-13(19)15-7-8-20-4/h9-10H,5-8H2,1-4H3,(H,15,19)(H,16,17,18). The van der Waals surface area contributed by atoms with Gasteiger partial charge in [0.2, 0.25) is 11.9 Å². The van der Waals surface area contributed by atoms with E-state index >= 15 is 0 Å². The first-order chi connectivity index (χ1) is 9.52. The van der Waals surface area contributed by atoms with Gasteiger partial charge in [-0.25, -0.2) is 9.97 Å². The van der Waals surface area contributed by atoms with Crippen molar-refractivity contribution in [1.82, 2.24) is 15.3 Å². The Bertz CT molecular complexity index is 435. The lowest BCUT2D eigenvalue weighted by molar-refractivity contribution is -0.121. The molecule has 0 unspecified atom stereocenters. The van der Waals surface area contributed by atoms with Crippen LogP contribution in [-0.4, -0.2) is 42.7 Å². The number of ether oxygens (including phenoxy) is 1. The number of rotatable bonds is 8. The number of methoxy groups -OCH3 is 1. The maximum absolute atomic E-state index is 11.5. The molecule has 0 aliphatic carbocycles. The van der Waals surface area contributed by atoms with E-state index in [2.05, 4.69) is 34.4 Å². The van der Waals surface area contributed by atoms with E-state index in [0.29, 0.717) is 38.0 Å². The predicted octanol–water partition coefficient (Wildman–Crippen LogP) is 1.47. The average Bonchev–Trinajstić information content (AvgIpc) is 2.38. The second-order valence-corrected chi connectivity index (χ2v) is 4.93. The average molecular weight is 280 g/mol. The molecule has 1 rings (SSSR count). The molecule has 20 heavy (non-hydrogen) atoms. The Morgan fingerprint density at radius 3 is 2.75 bits per heavy atom. The molecule has 0 bridgehead atoms. The fourth-order valence-electron chi connectivity index (χ4n) is 1.64. The molecule has 0 atom stereocenters. The largest absolute Gasteiger partial charge is 0.383 e. The predicted molar refractivity (Wildman–Crippen MR) is 78.9 cm³/mol. The molecular weight excluding hydrogens is 256 g/mol. The summed E-state index contributed by atoms with van der Waals surface area (Å²) >= 11 is 0. The number of amides is 1. The molecule has 0 aliphatic heterocycles. The molecule has 0 fully saturated rings. The van der Waals surface area contributed by atoms with E-state index in [4.69, 9.17) is 4.74 Å². The van der Waals surface area contributed by atoms with Crippen molar-refractivity contribution in [1.29, 1.82) is 0 Å². The zero-order valence-corrected chi connectivity index (χ0v) is 12.7. The van der Waals surface area contributed by atoms with Crippen LogP contribution in [0.1, 0.15) is 37.6 Å². The molecule has 0 spiro atoms. The molecule has 6 nitrogen and oxygen atoms in total. The third-order valence-corrected chi connectivity index (χ3v) is 2.73. The van der Waals surface area contributed by atoms with Crippen molar-refractivity contribution in [3.05, 3.63) is 17.5 Å². The fraction of sp³-hybridized carbons (Fsp3) is 0.643. The van der Waals surface area contributed by atoms with Crippen LogP contribution in [0.25, 0.3) is 0 Å². The number of carbonyl (C=O) groups is 1. The lowest BCUT2D eigenvalue weighted by Crippen LogP contribution is -2.28. The van der Waals surface area contributed by atoms with Crippen LogP contribution in [-0.2, 0) is 9.53 Å². The van der Waals surface area contributed by atoms with Gasteiger partial charge >= 0.3 is 0 Å². The van der Waals surface area contributed by atoms with E-state index in [1.54, 1.807) is 7.11 Å². The van der Waals surface area contributed by atoms with Crippen LogP contribution in [0.4, 0.5) is 5.95 Å². The molecule has 0 aliphatic rings. The maximum atomic E-state index is 11.5. The minimum Gasteiger partial charge on any atom is -0.383 e. The molecular formula is C14H24N4O2. The van der Waals surface area contributed by atoms with Crippen molar-refractivity contribution < 1.29 is 9.53 Å². The smallest absolute Gasteiger partial charge is 0.223 e. The molecule has 0 saturated carbocycles. The first-order valence-corrected chi connectivity index (χ1v) is 6.88. The van der Waals surface area contributed by atoms with E-state index in [1.165, 1.54) is 0 Å². The van der Waals surface area contributed by atoms with Crippen LogP contribution in [0.2, 0.25) is 0 Å². The molecule has 1 heterocycles. The van der Waals surface area contributed by atoms with Crippen LogP contribution in [0.3, 0.4) is 0 Å². The number of nitrogens with one attached hydrogen (secondary N) is 2. The molecule has 0 aromatic carbocycles. The second kappa shape index (κ2) is 8.47. The minimum atomic E-state index is -0.00807. The minimum absolute atomic E-state index is 0.00807. The summed E-state index contributed by atoms with van der Waals surface area (Å²) in [5, 5.41) is 5.85. The third kappa shape index (κ3) is 5.97. The quantitative estimate of drug-likeness (QED) is 0.705. The van der Waals surface area contributed by atoms with Crippen LogP contribution >= 0.6 is 0 Å². The number of nitrogens with zero attached hydrogens (tertiary/aromatic N) is 2. The Labute approximate surface area is 120 Å². The molecule has 0 radical (unpaired) electrons. The summed E-state index contributed by atoms with van der Waals surface area (Å²) in [5.41, 5.74) is 1.93. The van der Waals surface area contributed by atoms with Gasteiger partial charge in [-0.2, -0.15) is 0 Å². The van der Waals surface area contributed by atoms with Crippen molar-refractivity contribution in [2.24, 2.45) is 0 Å². The summed E-state index contributed by atoms with van der Waals surface area (Å²) in [7, 11) is 1.61. The molecule has 112 valence electrons. The molecule has 1 aromatic heterocycles. The van der Waals surface area contributed by atoms with Gasteiger partial charge in [0.25, 0.3) is 0 Å².